The molecule has 1 heterocycles. The van der Waals surface area contributed by atoms with Gasteiger partial charge in [0.05, 0.1) is 17.4 Å². The lowest BCUT2D eigenvalue weighted by molar-refractivity contribution is -0.137. The van der Waals surface area contributed by atoms with E-state index in [4.69, 9.17) is 16.3 Å². The summed E-state index contributed by atoms with van der Waals surface area (Å²) in [6, 6.07) is 2.99. The average molecular weight is 365 g/mol. The zero-order valence-electron chi connectivity index (χ0n) is 12.6. The molecule has 0 aromatic heterocycles. The SMILES string of the molecule is O=C(CC(=O)Nc1ccc(Cl)cc1C(F)(F)F)NCC1CCCO1. The smallest absolute Gasteiger partial charge is 0.376 e. The molecule has 9 heteroatoms. The Labute approximate surface area is 141 Å². The lowest BCUT2D eigenvalue weighted by atomic mass is 10.1. The molecule has 0 saturated carbocycles. The molecule has 2 rings (SSSR count). The Morgan fingerprint density at radius 2 is 2.04 bits per heavy atom. The molecule has 5 nitrogen and oxygen atoms in total. The Balaban J connectivity index is 1.91. The van der Waals surface area contributed by atoms with Crippen molar-refractivity contribution >= 4 is 29.1 Å². The Hall–Kier alpha value is -1.80. The first-order valence-electron chi connectivity index (χ1n) is 7.30. The number of anilines is 1. The van der Waals surface area contributed by atoms with E-state index in [1.807, 2.05) is 0 Å². The Bertz CT molecular complexity index is 616. The monoisotopic (exact) mass is 364 g/mol. The molecule has 132 valence electrons. The molecule has 0 radical (unpaired) electrons. The minimum Gasteiger partial charge on any atom is -0.376 e. The van der Waals surface area contributed by atoms with E-state index in [1.165, 1.54) is 6.07 Å². The van der Waals surface area contributed by atoms with Crippen molar-refractivity contribution in [2.24, 2.45) is 0 Å². The molecule has 0 spiro atoms. The molecular weight excluding hydrogens is 349 g/mol. The Morgan fingerprint density at radius 3 is 2.67 bits per heavy atom. The second-order valence-corrected chi connectivity index (χ2v) is 5.79. The molecule has 24 heavy (non-hydrogen) atoms. The molecule has 2 amide bonds. The van der Waals surface area contributed by atoms with Crippen molar-refractivity contribution in [3.63, 3.8) is 0 Å². The van der Waals surface area contributed by atoms with Crippen LogP contribution >= 0.6 is 11.6 Å². The van der Waals surface area contributed by atoms with Crippen molar-refractivity contribution < 1.29 is 27.5 Å². The fourth-order valence-electron chi connectivity index (χ4n) is 2.30. The summed E-state index contributed by atoms with van der Waals surface area (Å²) >= 11 is 5.56. The maximum atomic E-state index is 12.9. The third-order valence-corrected chi connectivity index (χ3v) is 3.67. The lowest BCUT2D eigenvalue weighted by Crippen LogP contribution is -2.34. The molecule has 0 bridgehead atoms. The van der Waals surface area contributed by atoms with Crippen LogP contribution in [-0.4, -0.2) is 31.1 Å². The van der Waals surface area contributed by atoms with Gasteiger partial charge in [-0.05, 0) is 31.0 Å². The van der Waals surface area contributed by atoms with Crippen LogP contribution in [-0.2, 0) is 20.5 Å². The minimum atomic E-state index is -4.67. The fraction of sp³-hybridized carbons (Fsp3) is 0.467. The number of hydrogen-bond acceptors (Lipinski definition) is 3. The second kappa shape index (κ2) is 7.85. The van der Waals surface area contributed by atoms with Gasteiger partial charge in [-0.3, -0.25) is 9.59 Å². The summed E-state index contributed by atoms with van der Waals surface area (Å²) in [4.78, 5) is 23.4. The maximum absolute atomic E-state index is 12.9. The first-order chi connectivity index (χ1) is 11.3. The summed E-state index contributed by atoms with van der Waals surface area (Å²) in [6.07, 6.45) is -3.59. The van der Waals surface area contributed by atoms with Gasteiger partial charge >= 0.3 is 6.18 Å². The molecule has 1 aromatic carbocycles. The van der Waals surface area contributed by atoms with Crippen LogP contribution in [0.3, 0.4) is 0 Å². The molecule has 1 fully saturated rings. The van der Waals surface area contributed by atoms with Crippen LogP contribution in [0.2, 0.25) is 5.02 Å². The molecule has 1 aromatic rings. The van der Waals surface area contributed by atoms with Gasteiger partial charge < -0.3 is 15.4 Å². The van der Waals surface area contributed by atoms with Gasteiger partial charge in [0.15, 0.2) is 0 Å². The van der Waals surface area contributed by atoms with Gasteiger partial charge in [0.1, 0.15) is 6.42 Å². The van der Waals surface area contributed by atoms with Crippen LogP contribution in [0.15, 0.2) is 18.2 Å². The Kier molecular flexibility index (Phi) is 6.06. The number of nitrogens with one attached hydrogen (secondary N) is 2. The van der Waals surface area contributed by atoms with Gasteiger partial charge in [0.25, 0.3) is 0 Å². The molecule has 1 saturated heterocycles. The number of benzene rings is 1. The molecule has 1 aliphatic rings. The molecule has 2 N–H and O–H groups in total. The third-order valence-electron chi connectivity index (χ3n) is 3.43. The number of carbonyl (C=O) groups is 2. The predicted molar refractivity (Wildman–Crippen MR) is 81.7 cm³/mol. The van der Waals surface area contributed by atoms with Gasteiger partial charge in [-0.2, -0.15) is 13.2 Å². The van der Waals surface area contributed by atoms with Gasteiger partial charge in [0.2, 0.25) is 11.8 Å². The molecular formula is C15H16ClF3N2O3. The first-order valence-corrected chi connectivity index (χ1v) is 7.68. The van der Waals surface area contributed by atoms with Crippen LogP contribution in [0.25, 0.3) is 0 Å². The van der Waals surface area contributed by atoms with Crippen LogP contribution < -0.4 is 10.6 Å². The van der Waals surface area contributed by atoms with E-state index in [1.54, 1.807) is 0 Å². The van der Waals surface area contributed by atoms with E-state index in [0.717, 1.165) is 18.9 Å². The van der Waals surface area contributed by atoms with Crippen molar-refractivity contribution in [2.45, 2.75) is 31.5 Å². The first kappa shape index (κ1) is 18.5. The van der Waals surface area contributed by atoms with Crippen LogP contribution in [0, 0.1) is 0 Å². The van der Waals surface area contributed by atoms with E-state index in [9.17, 15) is 22.8 Å². The standard InChI is InChI=1S/C15H16ClF3N2O3/c16-9-3-4-12(11(6-9)15(17,18)19)21-14(23)7-13(22)20-8-10-2-1-5-24-10/h3-4,6,10H,1-2,5,7-8H2,(H,20,22)(H,21,23). The molecule has 1 atom stereocenters. The van der Waals surface area contributed by atoms with E-state index >= 15 is 0 Å². The summed E-state index contributed by atoms with van der Waals surface area (Å²) in [7, 11) is 0. The average Bonchev–Trinajstić information content (AvgIpc) is 2.99. The van der Waals surface area contributed by atoms with Gasteiger partial charge in [-0.15, -0.1) is 0 Å². The number of halogens is 4. The van der Waals surface area contributed by atoms with Crippen molar-refractivity contribution in [1.82, 2.24) is 5.32 Å². The van der Waals surface area contributed by atoms with E-state index in [0.29, 0.717) is 12.7 Å². The third kappa shape index (κ3) is 5.38. The number of ether oxygens (including phenoxy) is 1. The fourth-order valence-corrected chi connectivity index (χ4v) is 2.47. The van der Waals surface area contributed by atoms with Gasteiger partial charge in [-0.25, -0.2) is 0 Å². The zero-order valence-corrected chi connectivity index (χ0v) is 13.3. The predicted octanol–water partition coefficient (Wildman–Crippen LogP) is 2.98. The summed E-state index contributed by atoms with van der Waals surface area (Å²) < 4.78 is 44.1. The van der Waals surface area contributed by atoms with Gasteiger partial charge in [-0.1, -0.05) is 11.6 Å². The van der Waals surface area contributed by atoms with Crippen LogP contribution in [0.5, 0.6) is 0 Å². The minimum absolute atomic E-state index is 0.0786. The van der Waals surface area contributed by atoms with Crippen molar-refractivity contribution in [3.8, 4) is 0 Å². The van der Waals surface area contributed by atoms with E-state index in [2.05, 4.69) is 10.6 Å². The zero-order chi connectivity index (χ0) is 17.7. The second-order valence-electron chi connectivity index (χ2n) is 5.35. The number of carbonyl (C=O) groups excluding carboxylic acids is 2. The number of rotatable bonds is 5. The van der Waals surface area contributed by atoms with Crippen LogP contribution in [0.4, 0.5) is 18.9 Å². The quantitative estimate of drug-likeness (QED) is 0.789. The number of hydrogen-bond donors (Lipinski definition) is 2. The van der Waals surface area contributed by atoms with Gasteiger partial charge in [0, 0.05) is 18.2 Å². The highest BCUT2D eigenvalue weighted by Gasteiger charge is 2.34. The van der Waals surface area contributed by atoms with Crippen LogP contribution in [0.1, 0.15) is 24.8 Å². The van der Waals surface area contributed by atoms with Crippen molar-refractivity contribution in [2.75, 3.05) is 18.5 Å². The van der Waals surface area contributed by atoms with E-state index < -0.39 is 35.7 Å². The number of amides is 2. The maximum Gasteiger partial charge on any atom is 0.418 e. The molecule has 0 aliphatic carbocycles. The summed E-state index contributed by atoms with van der Waals surface area (Å²) in [5.74, 6) is -1.42. The lowest BCUT2D eigenvalue weighted by Gasteiger charge is -2.14. The highest BCUT2D eigenvalue weighted by molar-refractivity contribution is 6.30. The Morgan fingerprint density at radius 1 is 1.29 bits per heavy atom. The summed E-state index contributed by atoms with van der Waals surface area (Å²) in [5, 5.41) is 4.52. The summed E-state index contributed by atoms with van der Waals surface area (Å²) in [5.41, 5.74) is -1.51. The highest BCUT2D eigenvalue weighted by Crippen LogP contribution is 2.36. The van der Waals surface area contributed by atoms with Crippen molar-refractivity contribution in [3.05, 3.63) is 28.8 Å². The topological polar surface area (TPSA) is 67.4 Å². The number of alkyl halides is 3. The van der Waals surface area contributed by atoms with Crippen molar-refractivity contribution in [1.29, 1.82) is 0 Å². The van der Waals surface area contributed by atoms with E-state index in [-0.39, 0.29) is 17.7 Å². The molecule has 1 unspecified atom stereocenters. The summed E-state index contributed by atoms with van der Waals surface area (Å²) in [6.45, 7) is 0.915. The highest BCUT2D eigenvalue weighted by atomic mass is 35.5. The normalized spacial score (nSPS) is 17.6. The largest absolute Gasteiger partial charge is 0.418 e. The molecule has 1 aliphatic heterocycles.